The Labute approximate surface area is 94.4 Å². The van der Waals surface area contributed by atoms with E-state index in [1.165, 1.54) is 6.07 Å². The minimum Gasteiger partial charge on any atom is -0.383 e. The lowest BCUT2D eigenvalue weighted by atomic mass is 10.3. The van der Waals surface area contributed by atoms with E-state index in [9.17, 15) is 4.39 Å². The molecule has 0 amide bonds. The quantitative estimate of drug-likeness (QED) is 0.759. The zero-order valence-electron chi connectivity index (χ0n) is 8.72. The first-order chi connectivity index (χ1) is 7.25. The lowest BCUT2D eigenvalue weighted by Gasteiger charge is -2.08. The molecule has 1 rings (SSSR count). The van der Waals surface area contributed by atoms with Crippen LogP contribution in [-0.2, 0) is 4.74 Å². The van der Waals surface area contributed by atoms with Crippen LogP contribution in [0.2, 0.25) is 5.02 Å². The summed E-state index contributed by atoms with van der Waals surface area (Å²) < 4.78 is 18.5. The molecule has 84 valence electrons. The Kier molecular flexibility index (Phi) is 5.43. The average Bonchev–Trinajstić information content (AvgIpc) is 2.24. The number of hydrogen-bond acceptors (Lipinski definition) is 2. The molecule has 0 aliphatic carbocycles. The zero-order valence-corrected chi connectivity index (χ0v) is 9.48. The van der Waals surface area contributed by atoms with Crippen LogP contribution in [0.15, 0.2) is 18.2 Å². The molecule has 15 heavy (non-hydrogen) atoms. The van der Waals surface area contributed by atoms with Gasteiger partial charge in [0.05, 0.1) is 10.7 Å². The molecular formula is C11H15ClFNO. The van der Waals surface area contributed by atoms with Gasteiger partial charge in [-0.15, -0.1) is 0 Å². The highest BCUT2D eigenvalue weighted by molar-refractivity contribution is 6.31. The van der Waals surface area contributed by atoms with Gasteiger partial charge >= 0.3 is 0 Å². The second-order valence-electron chi connectivity index (χ2n) is 3.08. The molecule has 0 radical (unpaired) electrons. The maximum absolute atomic E-state index is 13.4. The molecule has 0 bridgehead atoms. The Hall–Kier alpha value is -0.800. The minimum absolute atomic E-state index is 0.143. The molecular weight excluding hydrogens is 217 g/mol. The summed E-state index contributed by atoms with van der Waals surface area (Å²) in [6, 6.07) is 4.92. The summed E-state index contributed by atoms with van der Waals surface area (Å²) in [5.74, 6) is -0.393. The molecule has 1 N–H and O–H groups in total. The van der Waals surface area contributed by atoms with E-state index in [2.05, 4.69) is 5.32 Å². The molecule has 0 saturated heterocycles. The lowest BCUT2D eigenvalue weighted by Crippen LogP contribution is -2.06. The van der Waals surface area contributed by atoms with Gasteiger partial charge in [-0.05, 0) is 25.5 Å². The molecule has 1 aromatic carbocycles. The van der Waals surface area contributed by atoms with Crippen molar-refractivity contribution in [3.05, 3.63) is 29.0 Å². The molecule has 0 unspecified atom stereocenters. The van der Waals surface area contributed by atoms with Crippen LogP contribution in [0.1, 0.15) is 13.3 Å². The number of nitrogens with one attached hydrogen (secondary N) is 1. The van der Waals surface area contributed by atoms with E-state index in [4.69, 9.17) is 16.3 Å². The fourth-order valence-electron chi connectivity index (χ4n) is 1.18. The Balaban J connectivity index is 2.34. The van der Waals surface area contributed by atoms with E-state index in [-0.39, 0.29) is 5.02 Å². The van der Waals surface area contributed by atoms with Crippen LogP contribution in [0.25, 0.3) is 0 Å². The molecule has 1 aromatic rings. The second kappa shape index (κ2) is 6.64. The van der Waals surface area contributed by atoms with Crippen molar-refractivity contribution in [2.45, 2.75) is 13.3 Å². The second-order valence-corrected chi connectivity index (χ2v) is 3.49. The number of hydrogen-bond donors (Lipinski definition) is 1. The fourth-order valence-corrected chi connectivity index (χ4v) is 1.36. The average molecular weight is 232 g/mol. The highest BCUT2D eigenvalue weighted by Gasteiger charge is 2.04. The van der Waals surface area contributed by atoms with Gasteiger partial charge in [0.25, 0.3) is 0 Å². The van der Waals surface area contributed by atoms with Crippen molar-refractivity contribution in [3.63, 3.8) is 0 Å². The van der Waals surface area contributed by atoms with Crippen molar-refractivity contribution in [2.24, 2.45) is 0 Å². The highest BCUT2D eigenvalue weighted by Crippen LogP contribution is 2.21. The first-order valence-corrected chi connectivity index (χ1v) is 5.39. The Morgan fingerprint density at radius 2 is 2.27 bits per heavy atom. The smallest absolute Gasteiger partial charge is 0.164 e. The van der Waals surface area contributed by atoms with Crippen molar-refractivity contribution in [2.75, 3.05) is 25.1 Å². The largest absolute Gasteiger partial charge is 0.383 e. The predicted octanol–water partition coefficient (Wildman–Crippen LogP) is 3.32. The maximum atomic E-state index is 13.4. The molecule has 0 aliphatic heterocycles. The van der Waals surface area contributed by atoms with Crippen molar-refractivity contribution >= 4 is 17.3 Å². The number of ether oxygens (including phenoxy) is 1. The third-order valence-electron chi connectivity index (χ3n) is 1.94. The maximum Gasteiger partial charge on any atom is 0.164 e. The van der Waals surface area contributed by atoms with E-state index in [1.54, 1.807) is 12.1 Å². The predicted molar refractivity (Wildman–Crippen MR) is 61.0 cm³/mol. The van der Waals surface area contributed by atoms with Crippen LogP contribution < -0.4 is 5.32 Å². The van der Waals surface area contributed by atoms with Crippen LogP contribution >= 0.6 is 11.6 Å². The van der Waals surface area contributed by atoms with E-state index in [0.717, 1.165) is 6.42 Å². The van der Waals surface area contributed by atoms with Crippen molar-refractivity contribution < 1.29 is 9.13 Å². The van der Waals surface area contributed by atoms with Gasteiger partial charge in [0.15, 0.2) is 5.82 Å². The van der Waals surface area contributed by atoms with Crippen molar-refractivity contribution in [1.29, 1.82) is 0 Å². The molecule has 0 atom stereocenters. The van der Waals surface area contributed by atoms with Crippen LogP contribution in [0.3, 0.4) is 0 Å². The summed E-state index contributed by atoms with van der Waals surface area (Å²) >= 11 is 5.64. The molecule has 0 aromatic heterocycles. The summed E-state index contributed by atoms with van der Waals surface area (Å²) in [4.78, 5) is 0. The molecule has 0 spiro atoms. The topological polar surface area (TPSA) is 21.3 Å². The summed E-state index contributed by atoms with van der Waals surface area (Å²) in [6.07, 6.45) is 0.847. The normalized spacial score (nSPS) is 10.3. The monoisotopic (exact) mass is 231 g/mol. The van der Waals surface area contributed by atoms with Crippen LogP contribution in [0.4, 0.5) is 10.1 Å². The first-order valence-electron chi connectivity index (χ1n) is 5.01. The molecule has 2 nitrogen and oxygen atoms in total. The van der Waals surface area contributed by atoms with Gasteiger partial charge in [0, 0.05) is 19.8 Å². The van der Waals surface area contributed by atoms with Crippen LogP contribution in [-0.4, -0.2) is 19.8 Å². The van der Waals surface area contributed by atoms with Crippen molar-refractivity contribution in [3.8, 4) is 0 Å². The molecule has 0 heterocycles. The third kappa shape index (κ3) is 4.06. The zero-order chi connectivity index (χ0) is 11.1. The lowest BCUT2D eigenvalue weighted by molar-refractivity contribution is 0.147. The Morgan fingerprint density at radius 1 is 1.47 bits per heavy atom. The highest BCUT2D eigenvalue weighted by atomic mass is 35.5. The fraction of sp³-hybridized carbons (Fsp3) is 0.455. The Bertz CT molecular complexity index is 307. The number of halogens is 2. The number of rotatable bonds is 6. The Morgan fingerprint density at radius 3 is 3.00 bits per heavy atom. The van der Waals surface area contributed by atoms with E-state index < -0.39 is 5.82 Å². The van der Waals surface area contributed by atoms with Gasteiger partial charge in [0.1, 0.15) is 0 Å². The van der Waals surface area contributed by atoms with E-state index in [0.29, 0.717) is 25.4 Å². The third-order valence-corrected chi connectivity index (χ3v) is 2.23. The van der Waals surface area contributed by atoms with Crippen LogP contribution in [0.5, 0.6) is 0 Å². The van der Waals surface area contributed by atoms with Crippen LogP contribution in [0, 0.1) is 5.82 Å². The summed E-state index contributed by atoms with van der Waals surface area (Å²) in [6.45, 7) is 4.03. The molecule has 0 aliphatic rings. The van der Waals surface area contributed by atoms with Gasteiger partial charge in [0.2, 0.25) is 0 Å². The SMILES string of the molecule is CCOCCCNc1cccc(Cl)c1F. The summed E-state index contributed by atoms with van der Waals surface area (Å²) in [5.41, 5.74) is 0.444. The molecule has 0 saturated carbocycles. The van der Waals surface area contributed by atoms with E-state index >= 15 is 0 Å². The van der Waals surface area contributed by atoms with Crippen molar-refractivity contribution in [1.82, 2.24) is 0 Å². The standard InChI is InChI=1S/C11H15ClFNO/c1-2-15-8-4-7-14-10-6-3-5-9(12)11(10)13/h3,5-6,14H,2,4,7-8H2,1H3. The van der Waals surface area contributed by atoms with Gasteiger partial charge < -0.3 is 10.1 Å². The van der Waals surface area contributed by atoms with Gasteiger partial charge in [-0.25, -0.2) is 4.39 Å². The van der Waals surface area contributed by atoms with E-state index in [1.807, 2.05) is 6.92 Å². The number of anilines is 1. The summed E-state index contributed by atoms with van der Waals surface area (Å²) in [5, 5.41) is 3.12. The molecule has 0 fully saturated rings. The minimum atomic E-state index is -0.393. The first kappa shape index (κ1) is 12.3. The molecule has 4 heteroatoms. The van der Waals surface area contributed by atoms with Gasteiger partial charge in [-0.1, -0.05) is 17.7 Å². The number of benzene rings is 1. The van der Waals surface area contributed by atoms with Gasteiger partial charge in [-0.3, -0.25) is 0 Å². The van der Waals surface area contributed by atoms with Gasteiger partial charge in [-0.2, -0.15) is 0 Å². The summed E-state index contributed by atoms with van der Waals surface area (Å²) in [7, 11) is 0.